The molecule has 0 unspecified atom stereocenters. The lowest BCUT2D eigenvalue weighted by molar-refractivity contribution is 0.239. The Morgan fingerprint density at radius 3 is 2.67 bits per heavy atom. The van der Waals surface area contributed by atoms with Crippen LogP contribution in [0.2, 0.25) is 0 Å². The molecule has 0 aliphatic carbocycles. The minimum absolute atomic E-state index is 0.512. The number of pyridine rings is 1. The third kappa shape index (κ3) is 4.99. The van der Waals surface area contributed by atoms with Gasteiger partial charge in [0.05, 0.1) is 5.04 Å². The van der Waals surface area contributed by atoms with Crippen molar-refractivity contribution in [2.24, 2.45) is 10.9 Å². The number of aromatic nitrogens is 1. The van der Waals surface area contributed by atoms with Gasteiger partial charge in [-0.05, 0) is 63.0 Å². The van der Waals surface area contributed by atoms with Crippen LogP contribution in [-0.2, 0) is 0 Å². The number of nitrogens with one attached hydrogen (secondary N) is 1. The number of benzene rings is 1. The van der Waals surface area contributed by atoms with E-state index in [4.69, 9.17) is 0 Å². The predicted octanol–water partition coefficient (Wildman–Crippen LogP) is 5.25. The second-order valence-corrected chi connectivity index (χ2v) is 8.41. The molecule has 2 aromatic rings. The van der Waals surface area contributed by atoms with Crippen LogP contribution < -0.4 is 5.32 Å². The molecule has 2 heterocycles. The van der Waals surface area contributed by atoms with Gasteiger partial charge >= 0.3 is 0 Å². The number of piperidine rings is 1. The summed E-state index contributed by atoms with van der Waals surface area (Å²) in [7, 11) is 3.98. The third-order valence-electron chi connectivity index (χ3n) is 5.13. The van der Waals surface area contributed by atoms with Gasteiger partial charge in [0.15, 0.2) is 0 Å². The second-order valence-electron chi connectivity index (χ2n) is 7.13. The van der Waals surface area contributed by atoms with Crippen LogP contribution in [0.15, 0.2) is 54.3 Å². The number of allylic oxidation sites excluding steroid dienone is 1. The van der Waals surface area contributed by atoms with E-state index in [-0.39, 0.29) is 0 Å². The van der Waals surface area contributed by atoms with Crippen LogP contribution in [0.1, 0.15) is 25.3 Å². The summed E-state index contributed by atoms with van der Waals surface area (Å²) in [5, 5.41) is 6.71. The maximum absolute atomic E-state index is 4.56. The third-order valence-corrected chi connectivity index (χ3v) is 6.09. The standard InChI is InChI=1S/C22H28N4S/c1-15(18-8-10-26(5)11-9-18)25-22-13-21-12-19(6-7-20(21)14-24-22)16(2)27-17(3)23-4/h6-7,12-14,18H,1-2,8-11H2,3-5H3,(H,24,25). The Morgan fingerprint density at radius 2 is 1.96 bits per heavy atom. The van der Waals surface area contributed by atoms with Crippen molar-refractivity contribution in [2.75, 3.05) is 32.5 Å². The van der Waals surface area contributed by atoms with Crippen LogP contribution in [0.25, 0.3) is 15.7 Å². The molecule has 3 rings (SSSR count). The first-order chi connectivity index (χ1) is 13.0. The molecule has 1 aromatic carbocycles. The zero-order valence-electron chi connectivity index (χ0n) is 16.5. The number of fused-ring (bicyclic) bond motifs is 1. The highest BCUT2D eigenvalue weighted by Gasteiger charge is 2.19. The van der Waals surface area contributed by atoms with Gasteiger partial charge in [-0.3, -0.25) is 4.99 Å². The molecule has 1 aliphatic heterocycles. The molecule has 1 saturated heterocycles. The molecule has 4 nitrogen and oxygen atoms in total. The average Bonchev–Trinajstić information content (AvgIpc) is 2.67. The van der Waals surface area contributed by atoms with E-state index in [2.05, 4.69) is 64.7 Å². The summed E-state index contributed by atoms with van der Waals surface area (Å²) in [6.07, 6.45) is 4.21. The first kappa shape index (κ1) is 19.6. The number of likely N-dealkylation sites (tertiary alicyclic amines) is 1. The van der Waals surface area contributed by atoms with E-state index in [9.17, 15) is 0 Å². The molecule has 5 heteroatoms. The molecule has 27 heavy (non-hydrogen) atoms. The Labute approximate surface area is 166 Å². The molecular formula is C22H28N4S. The predicted molar refractivity (Wildman–Crippen MR) is 120 cm³/mol. The van der Waals surface area contributed by atoms with E-state index < -0.39 is 0 Å². The molecule has 142 valence electrons. The van der Waals surface area contributed by atoms with Crippen LogP contribution in [0, 0.1) is 5.92 Å². The van der Waals surface area contributed by atoms with Crippen LogP contribution in [0.3, 0.4) is 0 Å². The molecule has 0 radical (unpaired) electrons. The zero-order valence-corrected chi connectivity index (χ0v) is 17.3. The van der Waals surface area contributed by atoms with E-state index in [0.717, 1.165) is 63.7 Å². The average molecular weight is 381 g/mol. The minimum atomic E-state index is 0.512. The van der Waals surface area contributed by atoms with Gasteiger partial charge in [-0.1, -0.05) is 37.1 Å². The van der Waals surface area contributed by atoms with Gasteiger partial charge in [-0.15, -0.1) is 0 Å². The summed E-state index contributed by atoms with van der Waals surface area (Å²) >= 11 is 1.60. The van der Waals surface area contributed by atoms with Crippen molar-refractivity contribution < 1.29 is 0 Å². The summed E-state index contributed by atoms with van der Waals surface area (Å²) < 4.78 is 0. The highest BCUT2D eigenvalue weighted by atomic mass is 32.2. The Kier molecular flexibility index (Phi) is 6.34. The number of rotatable bonds is 5. The molecule has 0 bridgehead atoms. The van der Waals surface area contributed by atoms with Crippen LogP contribution in [0.5, 0.6) is 0 Å². The topological polar surface area (TPSA) is 40.5 Å². The fourth-order valence-corrected chi connectivity index (χ4v) is 3.98. The Hall–Kier alpha value is -2.11. The van der Waals surface area contributed by atoms with E-state index in [0.29, 0.717) is 5.92 Å². The molecule has 0 saturated carbocycles. The number of hydrogen-bond donors (Lipinski definition) is 1. The van der Waals surface area contributed by atoms with Crippen LogP contribution >= 0.6 is 11.8 Å². The van der Waals surface area contributed by atoms with Gasteiger partial charge in [-0.25, -0.2) is 4.98 Å². The monoisotopic (exact) mass is 380 g/mol. The van der Waals surface area contributed by atoms with Gasteiger partial charge in [0, 0.05) is 35.2 Å². The first-order valence-corrected chi connectivity index (χ1v) is 10.1. The molecule has 1 fully saturated rings. The van der Waals surface area contributed by atoms with Crippen LogP contribution in [0.4, 0.5) is 5.82 Å². The normalized spacial score (nSPS) is 16.5. The second kappa shape index (κ2) is 8.72. The fraction of sp³-hybridized carbons (Fsp3) is 0.364. The van der Waals surface area contributed by atoms with Gasteiger partial charge in [-0.2, -0.15) is 0 Å². The molecule has 0 spiro atoms. The lowest BCUT2D eigenvalue weighted by atomic mass is 9.94. The molecular weight excluding hydrogens is 352 g/mol. The summed E-state index contributed by atoms with van der Waals surface area (Å²) in [5.74, 6) is 1.37. The number of aliphatic imine (C=N–C) groups is 1. The van der Waals surface area contributed by atoms with Crippen molar-refractivity contribution in [1.82, 2.24) is 9.88 Å². The lowest BCUT2D eigenvalue weighted by Gasteiger charge is -2.30. The highest BCUT2D eigenvalue weighted by Crippen LogP contribution is 2.30. The maximum Gasteiger partial charge on any atom is 0.130 e. The smallest absolute Gasteiger partial charge is 0.130 e. The van der Waals surface area contributed by atoms with Gasteiger partial charge < -0.3 is 10.2 Å². The lowest BCUT2D eigenvalue weighted by Crippen LogP contribution is -2.31. The summed E-state index contributed by atoms with van der Waals surface area (Å²) in [5.41, 5.74) is 2.18. The zero-order chi connectivity index (χ0) is 19.4. The summed E-state index contributed by atoms with van der Waals surface area (Å²) in [4.78, 5) is 12.1. The van der Waals surface area contributed by atoms with Crippen LogP contribution in [-0.4, -0.2) is 42.1 Å². The van der Waals surface area contributed by atoms with Crippen molar-refractivity contribution in [2.45, 2.75) is 19.8 Å². The van der Waals surface area contributed by atoms with Gasteiger partial charge in [0.2, 0.25) is 0 Å². The number of anilines is 1. The first-order valence-electron chi connectivity index (χ1n) is 9.31. The number of nitrogens with zero attached hydrogens (tertiary/aromatic N) is 3. The van der Waals surface area contributed by atoms with E-state index in [1.54, 1.807) is 18.8 Å². The van der Waals surface area contributed by atoms with Crippen molar-refractivity contribution in [3.63, 3.8) is 0 Å². The molecule has 0 atom stereocenters. The van der Waals surface area contributed by atoms with Crippen molar-refractivity contribution >= 4 is 38.3 Å². The Balaban J connectivity index is 1.75. The van der Waals surface area contributed by atoms with E-state index >= 15 is 0 Å². The summed E-state index contributed by atoms with van der Waals surface area (Å²) in [6.45, 7) is 12.7. The van der Waals surface area contributed by atoms with Crippen molar-refractivity contribution in [1.29, 1.82) is 0 Å². The quantitative estimate of drug-likeness (QED) is 0.568. The minimum Gasteiger partial charge on any atom is -0.344 e. The van der Waals surface area contributed by atoms with Crippen molar-refractivity contribution in [3.8, 4) is 0 Å². The molecule has 0 amide bonds. The fourth-order valence-electron chi connectivity index (χ4n) is 3.29. The Bertz CT molecular complexity index is 879. The number of hydrogen-bond acceptors (Lipinski definition) is 5. The van der Waals surface area contributed by atoms with Gasteiger partial charge in [0.1, 0.15) is 5.82 Å². The SMILES string of the molecule is C=C(SC(C)=NC)c1ccc2cnc(NC(=C)C3CCN(C)CC3)cc2c1. The van der Waals surface area contributed by atoms with Gasteiger partial charge in [0.25, 0.3) is 0 Å². The maximum atomic E-state index is 4.56. The van der Waals surface area contributed by atoms with E-state index in [1.165, 1.54) is 0 Å². The molecule has 1 aliphatic rings. The number of thioether (sulfide) groups is 1. The van der Waals surface area contributed by atoms with Crippen molar-refractivity contribution in [3.05, 3.63) is 54.9 Å². The summed E-state index contributed by atoms with van der Waals surface area (Å²) in [6, 6.07) is 8.45. The Morgan fingerprint density at radius 1 is 1.22 bits per heavy atom. The molecule has 1 N–H and O–H groups in total. The molecule has 1 aromatic heterocycles. The van der Waals surface area contributed by atoms with E-state index in [1.807, 2.05) is 13.1 Å². The largest absolute Gasteiger partial charge is 0.344 e. The highest BCUT2D eigenvalue weighted by molar-refractivity contribution is 8.21.